The zero-order chi connectivity index (χ0) is 16.8. The van der Waals surface area contributed by atoms with Gasteiger partial charge in [-0.1, -0.05) is 42.5 Å². The molecule has 0 aliphatic carbocycles. The first-order chi connectivity index (χ1) is 11.7. The maximum absolute atomic E-state index is 13.3. The van der Waals surface area contributed by atoms with Gasteiger partial charge in [0.05, 0.1) is 5.69 Å². The van der Waals surface area contributed by atoms with Gasteiger partial charge in [0.2, 0.25) is 5.95 Å². The van der Waals surface area contributed by atoms with Crippen molar-refractivity contribution in [1.82, 2.24) is 9.97 Å². The second-order valence-electron chi connectivity index (χ2n) is 5.34. The van der Waals surface area contributed by atoms with Crippen LogP contribution in [-0.4, -0.2) is 16.5 Å². The van der Waals surface area contributed by atoms with E-state index in [9.17, 15) is 4.39 Å². The zero-order valence-corrected chi connectivity index (χ0v) is 13.5. The lowest BCUT2D eigenvalue weighted by atomic mass is 10.1. The van der Waals surface area contributed by atoms with E-state index in [1.54, 1.807) is 6.07 Å². The average molecular weight is 322 g/mol. The number of hydrogen-bond acceptors (Lipinski definition) is 4. The molecule has 0 aliphatic heterocycles. The Hall–Kier alpha value is -2.95. The van der Waals surface area contributed by atoms with Crippen molar-refractivity contribution >= 4 is 11.8 Å². The molecule has 0 radical (unpaired) electrons. The summed E-state index contributed by atoms with van der Waals surface area (Å²) in [5, 5.41) is 6.38. The average Bonchev–Trinajstić information content (AvgIpc) is 2.61. The van der Waals surface area contributed by atoms with Gasteiger partial charge in [-0.2, -0.15) is 4.98 Å². The summed E-state index contributed by atoms with van der Waals surface area (Å²) in [5.41, 5.74) is 2.72. The minimum atomic E-state index is -0.240. The molecule has 4 nitrogen and oxygen atoms in total. The summed E-state index contributed by atoms with van der Waals surface area (Å²) < 4.78 is 13.3. The van der Waals surface area contributed by atoms with Gasteiger partial charge in [-0.15, -0.1) is 0 Å². The van der Waals surface area contributed by atoms with E-state index in [0.717, 1.165) is 23.4 Å². The van der Waals surface area contributed by atoms with Gasteiger partial charge in [-0.3, -0.25) is 0 Å². The largest absolute Gasteiger partial charge is 0.366 e. The fourth-order valence-electron chi connectivity index (χ4n) is 2.37. The number of nitrogens with zero attached hydrogens (tertiary/aromatic N) is 2. The predicted molar refractivity (Wildman–Crippen MR) is 95.4 cm³/mol. The Morgan fingerprint density at radius 3 is 2.50 bits per heavy atom. The molecule has 0 aliphatic rings. The van der Waals surface area contributed by atoms with Crippen LogP contribution in [0.3, 0.4) is 0 Å². The molecule has 0 amide bonds. The van der Waals surface area contributed by atoms with E-state index in [4.69, 9.17) is 0 Å². The number of halogens is 1. The van der Waals surface area contributed by atoms with Crippen molar-refractivity contribution in [3.63, 3.8) is 0 Å². The third-order valence-electron chi connectivity index (χ3n) is 3.49. The highest BCUT2D eigenvalue weighted by molar-refractivity contribution is 5.64. The van der Waals surface area contributed by atoms with Crippen molar-refractivity contribution in [3.8, 4) is 11.3 Å². The van der Waals surface area contributed by atoms with E-state index < -0.39 is 0 Å². The second-order valence-corrected chi connectivity index (χ2v) is 5.34. The van der Waals surface area contributed by atoms with E-state index >= 15 is 0 Å². The molecule has 0 saturated carbocycles. The van der Waals surface area contributed by atoms with Crippen molar-refractivity contribution in [3.05, 3.63) is 72.0 Å². The van der Waals surface area contributed by atoms with E-state index in [-0.39, 0.29) is 5.82 Å². The fourth-order valence-corrected chi connectivity index (χ4v) is 2.37. The molecule has 0 fully saturated rings. The Bertz CT molecular complexity index is 805. The number of nitrogens with one attached hydrogen (secondary N) is 2. The summed E-state index contributed by atoms with van der Waals surface area (Å²) in [4.78, 5) is 9.00. The van der Waals surface area contributed by atoms with Crippen LogP contribution in [0.5, 0.6) is 0 Å². The van der Waals surface area contributed by atoms with Gasteiger partial charge in [-0.05, 0) is 24.6 Å². The lowest BCUT2D eigenvalue weighted by molar-refractivity contribution is 0.626. The molecule has 2 N–H and O–H groups in total. The van der Waals surface area contributed by atoms with Crippen LogP contribution in [-0.2, 0) is 6.54 Å². The molecule has 2 aromatic carbocycles. The van der Waals surface area contributed by atoms with Crippen LogP contribution in [0.15, 0.2) is 60.7 Å². The number of anilines is 2. The highest BCUT2D eigenvalue weighted by Crippen LogP contribution is 2.21. The molecule has 0 saturated heterocycles. The van der Waals surface area contributed by atoms with Gasteiger partial charge >= 0.3 is 0 Å². The number of hydrogen-bond donors (Lipinski definition) is 2. The summed E-state index contributed by atoms with van der Waals surface area (Å²) in [6.07, 6.45) is 0. The van der Waals surface area contributed by atoms with Gasteiger partial charge < -0.3 is 10.6 Å². The molecule has 0 bridgehead atoms. The quantitative estimate of drug-likeness (QED) is 0.709. The van der Waals surface area contributed by atoms with Crippen LogP contribution < -0.4 is 10.6 Å². The molecule has 1 aromatic heterocycles. The summed E-state index contributed by atoms with van der Waals surface area (Å²) in [6, 6.07) is 18.4. The Labute approximate surface area is 140 Å². The minimum absolute atomic E-state index is 0.240. The minimum Gasteiger partial charge on any atom is -0.366 e. The van der Waals surface area contributed by atoms with Gasteiger partial charge in [0, 0.05) is 24.7 Å². The smallest absolute Gasteiger partial charge is 0.225 e. The summed E-state index contributed by atoms with van der Waals surface area (Å²) >= 11 is 0. The van der Waals surface area contributed by atoms with Gasteiger partial charge in [-0.25, -0.2) is 9.37 Å². The topological polar surface area (TPSA) is 49.8 Å². The van der Waals surface area contributed by atoms with Crippen molar-refractivity contribution in [1.29, 1.82) is 0 Å². The molecule has 0 spiro atoms. The first-order valence-corrected chi connectivity index (χ1v) is 7.91. The van der Waals surface area contributed by atoms with Crippen LogP contribution in [0.2, 0.25) is 0 Å². The third-order valence-corrected chi connectivity index (χ3v) is 3.49. The van der Waals surface area contributed by atoms with Gasteiger partial charge in [0.25, 0.3) is 0 Å². The predicted octanol–water partition coefficient (Wildman–Crippen LogP) is 4.33. The monoisotopic (exact) mass is 322 g/mol. The zero-order valence-electron chi connectivity index (χ0n) is 13.5. The van der Waals surface area contributed by atoms with Crippen molar-refractivity contribution < 1.29 is 4.39 Å². The lowest BCUT2D eigenvalue weighted by Crippen LogP contribution is -2.07. The first-order valence-electron chi connectivity index (χ1n) is 7.91. The standard InChI is InChI=1S/C19H19FN4/c1-2-21-19-23-17(15-8-4-3-5-9-15)12-18(24-19)22-13-14-7-6-10-16(20)11-14/h3-12H,2,13H2,1H3,(H2,21,22,23,24). The molecule has 1 heterocycles. The Morgan fingerprint density at radius 1 is 0.917 bits per heavy atom. The van der Waals surface area contributed by atoms with Crippen molar-refractivity contribution in [2.24, 2.45) is 0 Å². The van der Waals surface area contributed by atoms with Crippen molar-refractivity contribution in [2.45, 2.75) is 13.5 Å². The van der Waals surface area contributed by atoms with Crippen LogP contribution in [0.4, 0.5) is 16.2 Å². The van der Waals surface area contributed by atoms with Crippen LogP contribution >= 0.6 is 0 Å². The number of aromatic nitrogens is 2. The molecular weight excluding hydrogens is 303 g/mol. The maximum Gasteiger partial charge on any atom is 0.225 e. The Kier molecular flexibility index (Phi) is 5.01. The van der Waals surface area contributed by atoms with Crippen LogP contribution in [0, 0.1) is 5.82 Å². The molecular formula is C19H19FN4. The summed E-state index contributed by atoms with van der Waals surface area (Å²) in [7, 11) is 0. The first kappa shape index (κ1) is 15.9. The van der Waals surface area contributed by atoms with Crippen molar-refractivity contribution in [2.75, 3.05) is 17.2 Å². The molecule has 3 aromatic rings. The summed E-state index contributed by atoms with van der Waals surface area (Å²) in [6.45, 7) is 3.23. The SMILES string of the molecule is CCNc1nc(NCc2cccc(F)c2)cc(-c2ccccc2)n1. The molecule has 0 atom stereocenters. The number of rotatable bonds is 6. The molecule has 0 unspecified atom stereocenters. The third kappa shape index (κ3) is 4.07. The van der Waals surface area contributed by atoms with Gasteiger partial charge in [0.15, 0.2) is 0 Å². The van der Waals surface area contributed by atoms with E-state index in [2.05, 4.69) is 20.6 Å². The Balaban J connectivity index is 1.85. The lowest BCUT2D eigenvalue weighted by Gasteiger charge is -2.11. The van der Waals surface area contributed by atoms with E-state index in [1.165, 1.54) is 12.1 Å². The fraction of sp³-hybridized carbons (Fsp3) is 0.158. The van der Waals surface area contributed by atoms with Gasteiger partial charge in [0.1, 0.15) is 11.6 Å². The Morgan fingerprint density at radius 2 is 1.75 bits per heavy atom. The maximum atomic E-state index is 13.3. The highest BCUT2D eigenvalue weighted by Gasteiger charge is 2.06. The number of benzene rings is 2. The molecule has 24 heavy (non-hydrogen) atoms. The molecule has 3 rings (SSSR count). The highest BCUT2D eigenvalue weighted by atomic mass is 19.1. The summed E-state index contributed by atoms with van der Waals surface area (Å²) in [5.74, 6) is 1.03. The molecule has 122 valence electrons. The van der Waals surface area contributed by atoms with Crippen LogP contribution in [0.25, 0.3) is 11.3 Å². The van der Waals surface area contributed by atoms with E-state index in [1.807, 2.05) is 49.4 Å². The normalized spacial score (nSPS) is 10.4. The molecule has 5 heteroatoms. The van der Waals surface area contributed by atoms with Crippen LogP contribution in [0.1, 0.15) is 12.5 Å². The second kappa shape index (κ2) is 7.55. The van der Waals surface area contributed by atoms with E-state index in [0.29, 0.717) is 18.3 Å².